The number of ether oxygens (including phenoxy) is 2. The lowest BCUT2D eigenvalue weighted by atomic mass is 10.2. The van der Waals surface area contributed by atoms with Gasteiger partial charge >= 0.3 is 0 Å². The van der Waals surface area contributed by atoms with Gasteiger partial charge in [-0.05, 0) is 19.8 Å². The van der Waals surface area contributed by atoms with Crippen molar-refractivity contribution >= 4 is 17.2 Å². The molecule has 1 aromatic rings. The SMILES string of the molecule is COCc1nc(C)c(CC(=O)NCC2CCCO2)s1. The highest BCUT2D eigenvalue weighted by Crippen LogP contribution is 2.19. The lowest BCUT2D eigenvalue weighted by Crippen LogP contribution is -2.32. The Morgan fingerprint density at radius 3 is 3.16 bits per heavy atom. The van der Waals surface area contributed by atoms with Crippen LogP contribution in [0.25, 0.3) is 0 Å². The molecule has 2 heterocycles. The first-order valence-electron chi connectivity index (χ1n) is 6.51. The Bertz CT molecular complexity index is 428. The molecule has 1 saturated heterocycles. The largest absolute Gasteiger partial charge is 0.378 e. The maximum Gasteiger partial charge on any atom is 0.225 e. The molecule has 1 amide bonds. The number of aromatic nitrogens is 1. The summed E-state index contributed by atoms with van der Waals surface area (Å²) in [6, 6.07) is 0. The molecule has 1 aliphatic heterocycles. The van der Waals surface area contributed by atoms with Crippen molar-refractivity contribution in [2.45, 2.75) is 38.9 Å². The number of rotatable bonds is 6. The highest BCUT2D eigenvalue weighted by molar-refractivity contribution is 7.11. The third-order valence-electron chi connectivity index (χ3n) is 3.08. The van der Waals surface area contributed by atoms with E-state index in [0.29, 0.717) is 19.6 Å². The van der Waals surface area contributed by atoms with Crippen molar-refractivity contribution in [2.24, 2.45) is 0 Å². The monoisotopic (exact) mass is 284 g/mol. The van der Waals surface area contributed by atoms with E-state index in [1.54, 1.807) is 18.4 Å². The number of carbonyl (C=O) groups is 1. The topological polar surface area (TPSA) is 60.5 Å². The first kappa shape index (κ1) is 14.4. The highest BCUT2D eigenvalue weighted by atomic mass is 32.1. The van der Waals surface area contributed by atoms with E-state index < -0.39 is 0 Å². The number of nitrogens with one attached hydrogen (secondary N) is 1. The van der Waals surface area contributed by atoms with Crippen LogP contribution < -0.4 is 5.32 Å². The van der Waals surface area contributed by atoms with Crippen molar-refractivity contribution in [3.63, 3.8) is 0 Å². The first-order chi connectivity index (χ1) is 9.19. The van der Waals surface area contributed by atoms with Crippen molar-refractivity contribution in [1.82, 2.24) is 10.3 Å². The van der Waals surface area contributed by atoms with Gasteiger partial charge in [-0.2, -0.15) is 0 Å². The molecule has 0 aliphatic carbocycles. The van der Waals surface area contributed by atoms with Crippen LogP contribution >= 0.6 is 11.3 Å². The number of nitrogens with zero attached hydrogens (tertiary/aromatic N) is 1. The van der Waals surface area contributed by atoms with Crippen molar-refractivity contribution in [1.29, 1.82) is 0 Å². The second-order valence-electron chi connectivity index (χ2n) is 4.67. The van der Waals surface area contributed by atoms with E-state index in [1.165, 1.54) is 0 Å². The summed E-state index contributed by atoms with van der Waals surface area (Å²) in [5, 5.41) is 3.84. The van der Waals surface area contributed by atoms with Gasteiger partial charge in [0.1, 0.15) is 5.01 Å². The van der Waals surface area contributed by atoms with Crippen LogP contribution in [0.5, 0.6) is 0 Å². The molecule has 19 heavy (non-hydrogen) atoms. The van der Waals surface area contributed by atoms with Gasteiger partial charge < -0.3 is 14.8 Å². The first-order valence-corrected chi connectivity index (χ1v) is 7.33. The zero-order chi connectivity index (χ0) is 13.7. The number of thiazole rings is 1. The minimum absolute atomic E-state index is 0.0335. The minimum Gasteiger partial charge on any atom is -0.378 e. The summed E-state index contributed by atoms with van der Waals surface area (Å²) in [5.74, 6) is 0.0335. The third-order valence-corrected chi connectivity index (χ3v) is 4.21. The number of amides is 1. The third kappa shape index (κ3) is 4.26. The minimum atomic E-state index is 0.0335. The molecule has 0 radical (unpaired) electrons. The molecular formula is C13H20N2O3S. The van der Waals surface area contributed by atoms with E-state index in [0.717, 1.165) is 35.0 Å². The van der Waals surface area contributed by atoms with Crippen LogP contribution in [0.4, 0.5) is 0 Å². The van der Waals surface area contributed by atoms with Gasteiger partial charge in [0, 0.05) is 25.1 Å². The molecular weight excluding hydrogens is 264 g/mol. The normalized spacial score (nSPS) is 18.7. The van der Waals surface area contributed by atoms with Gasteiger partial charge in [-0.25, -0.2) is 4.98 Å². The Hall–Kier alpha value is -0.980. The fourth-order valence-corrected chi connectivity index (χ4v) is 3.12. The van der Waals surface area contributed by atoms with E-state index >= 15 is 0 Å². The van der Waals surface area contributed by atoms with Crippen LogP contribution in [0.1, 0.15) is 28.4 Å². The van der Waals surface area contributed by atoms with Gasteiger partial charge in [-0.15, -0.1) is 11.3 Å². The summed E-state index contributed by atoms with van der Waals surface area (Å²) < 4.78 is 10.5. The van der Waals surface area contributed by atoms with Crippen molar-refractivity contribution < 1.29 is 14.3 Å². The molecule has 1 aromatic heterocycles. The predicted octanol–water partition coefficient (Wildman–Crippen LogP) is 1.44. The van der Waals surface area contributed by atoms with Crippen molar-refractivity contribution in [2.75, 3.05) is 20.3 Å². The zero-order valence-electron chi connectivity index (χ0n) is 11.4. The Morgan fingerprint density at radius 2 is 2.47 bits per heavy atom. The molecule has 2 rings (SSSR count). The summed E-state index contributed by atoms with van der Waals surface area (Å²) in [6.45, 7) is 3.86. The fraction of sp³-hybridized carbons (Fsp3) is 0.692. The molecule has 6 heteroatoms. The number of hydrogen-bond donors (Lipinski definition) is 1. The Labute approximate surface area is 117 Å². The molecule has 1 fully saturated rings. The summed E-state index contributed by atoms with van der Waals surface area (Å²) in [7, 11) is 1.64. The maximum absolute atomic E-state index is 11.9. The van der Waals surface area contributed by atoms with Crippen molar-refractivity contribution in [3.8, 4) is 0 Å². The lowest BCUT2D eigenvalue weighted by Gasteiger charge is -2.10. The van der Waals surface area contributed by atoms with Gasteiger partial charge in [0.05, 0.1) is 24.8 Å². The quantitative estimate of drug-likeness (QED) is 0.858. The van der Waals surface area contributed by atoms with Gasteiger partial charge in [0.15, 0.2) is 0 Å². The second-order valence-corrected chi connectivity index (χ2v) is 5.83. The van der Waals surface area contributed by atoms with Gasteiger partial charge in [0.2, 0.25) is 5.91 Å². The molecule has 1 N–H and O–H groups in total. The zero-order valence-corrected chi connectivity index (χ0v) is 12.2. The molecule has 0 saturated carbocycles. The molecule has 0 aromatic carbocycles. The molecule has 106 valence electrons. The molecule has 0 bridgehead atoms. The Balaban J connectivity index is 1.80. The smallest absolute Gasteiger partial charge is 0.225 e. The number of methoxy groups -OCH3 is 1. The average molecular weight is 284 g/mol. The number of hydrogen-bond acceptors (Lipinski definition) is 5. The Kier molecular flexibility index (Phi) is 5.30. The second kappa shape index (κ2) is 6.98. The summed E-state index contributed by atoms with van der Waals surface area (Å²) in [4.78, 5) is 17.3. The standard InChI is InChI=1S/C13H20N2O3S/c1-9-11(19-13(15-9)8-17-2)6-12(16)14-7-10-4-3-5-18-10/h10H,3-8H2,1-2H3,(H,14,16). The van der Waals surface area contributed by atoms with E-state index in [1.807, 2.05) is 6.92 Å². The van der Waals surface area contributed by atoms with E-state index in [2.05, 4.69) is 10.3 Å². The van der Waals surface area contributed by atoms with Crippen LogP contribution in [-0.2, 0) is 27.3 Å². The number of carbonyl (C=O) groups excluding carboxylic acids is 1. The van der Waals surface area contributed by atoms with Crippen molar-refractivity contribution in [3.05, 3.63) is 15.6 Å². The van der Waals surface area contributed by atoms with Crippen LogP contribution in [0.15, 0.2) is 0 Å². The van der Waals surface area contributed by atoms with Crippen LogP contribution in [-0.4, -0.2) is 37.3 Å². The molecule has 0 spiro atoms. The highest BCUT2D eigenvalue weighted by Gasteiger charge is 2.17. The Morgan fingerprint density at radius 1 is 1.63 bits per heavy atom. The molecule has 1 unspecified atom stereocenters. The van der Waals surface area contributed by atoms with E-state index in [-0.39, 0.29) is 12.0 Å². The van der Waals surface area contributed by atoms with Gasteiger partial charge in [-0.3, -0.25) is 4.79 Å². The van der Waals surface area contributed by atoms with Gasteiger partial charge in [0.25, 0.3) is 0 Å². The van der Waals surface area contributed by atoms with Crippen LogP contribution in [0.3, 0.4) is 0 Å². The molecule has 1 aliphatic rings. The fourth-order valence-electron chi connectivity index (χ4n) is 2.08. The summed E-state index contributed by atoms with van der Waals surface area (Å²) in [6.07, 6.45) is 2.71. The van der Waals surface area contributed by atoms with Crippen LogP contribution in [0, 0.1) is 6.92 Å². The predicted molar refractivity (Wildman–Crippen MR) is 73.3 cm³/mol. The maximum atomic E-state index is 11.9. The molecule has 5 nitrogen and oxygen atoms in total. The lowest BCUT2D eigenvalue weighted by molar-refractivity contribution is -0.120. The van der Waals surface area contributed by atoms with E-state index in [4.69, 9.17) is 9.47 Å². The summed E-state index contributed by atoms with van der Waals surface area (Å²) in [5.41, 5.74) is 0.921. The average Bonchev–Trinajstić information content (AvgIpc) is 2.98. The van der Waals surface area contributed by atoms with E-state index in [9.17, 15) is 4.79 Å². The number of aryl methyl sites for hydroxylation is 1. The van der Waals surface area contributed by atoms with Crippen LogP contribution in [0.2, 0.25) is 0 Å². The van der Waals surface area contributed by atoms with Gasteiger partial charge in [-0.1, -0.05) is 0 Å². The molecule has 1 atom stereocenters. The summed E-state index contributed by atoms with van der Waals surface area (Å²) >= 11 is 1.54.